The first-order valence-corrected chi connectivity index (χ1v) is 6.65. The van der Waals surface area contributed by atoms with Gasteiger partial charge in [-0.25, -0.2) is 4.79 Å². The van der Waals surface area contributed by atoms with Crippen LogP contribution in [0.3, 0.4) is 0 Å². The van der Waals surface area contributed by atoms with Gasteiger partial charge in [-0.1, -0.05) is 12.2 Å². The second kappa shape index (κ2) is 4.64. The Bertz CT molecular complexity index is 484. The highest BCUT2D eigenvalue weighted by Gasteiger charge is 2.54. The first kappa shape index (κ1) is 12.1. The first-order chi connectivity index (χ1) is 9.18. The highest BCUT2D eigenvalue weighted by atomic mass is 16.7. The van der Waals surface area contributed by atoms with E-state index in [-0.39, 0.29) is 23.6 Å². The fourth-order valence-electron chi connectivity index (χ4n) is 3.04. The summed E-state index contributed by atoms with van der Waals surface area (Å²) in [5.74, 6) is -0.231. The molecule has 1 aromatic heterocycles. The van der Waals surface area contributed by atoms with Crippen LogP contribution in [0.15, 0.2) is 24.3 Å². The molecule has 0 radical (unpaired) electrons. The molecule has 0 bridgehead atoms. The van der Waals surface area contributed by atoms with Gasteiger partial charge in [-0.2, -0.15) is 0 Å². The summed E-state index contributed by atoms with van der Waals surface area (Å²) in [5, 5.41) is 18.9. The number of rotatable bonds is 2. The number of aromatic nitrogens is 1. The minimum absolute atomic E-state index is 0.0962. The van der Waals surface area contributed by atoms with E-state index in [9.17, 15) is 15.0 Å². The summed E-state index contributed by atoms with van der Waals surface area (Å²) in [6, 6.07) is 2.56. The lowest BCUT2D eigenvalue weighted by molar-refractivity contribution is -0.147. The van der Waals surface area contributed by atoms with E-state index in [1.807, 2.05) is 0 Å². The molecule has 3 rings (SSSR count). The van der Waals surface area contributed by atoms with Crippen molar-refractivity contribution in [3.8, 4) is 11.8 Å². The number of carbonyl (C=O) groups excluding carboxylic acids is 1. The molecule has 2 N–H and O–H groups in total. The molecule has 0 aliphatic heterocycles. The van der Waals surface area contributed by atoms with Gasteiger partial charge in [-0.3, -0.25) is 0 Å². The van der Waals surface area contributed by atoms with Gasteiger partial charge in [0.1, 0.15) is 0 Å². The number of fused-ring (bicyclic) bond motifs is 1. The molecule has 19 heavy (non-hydrogen) atoms. The van der Waals surface area contributed by atoms with E-state index in [4.69, 9.17) is 4.84 Å². The predicted octanol–water partition coefficient (Wildman–Crippen LogP) is 1.85. The lowest BCUT2D eigenvalue weighted by atomic mass is 10.1. The molecule has 2 unspecified atom stereocenters. The Kier molecular flexibility index (Phi) is 2.97. The van der Waals surface area contributed by atoms with Crippen LogP contribution in [0.1, 0.15) is 25.7 Å². The Morgan fingerprint density at radius 2 is 1.63 bits per heavy atom. The van der Waals surface area contributed by atoms with Gasteiger partial charge in [-0.15, -0.1) is 4.73 Å². The topological polar surface area (TPSA) is 71.7 Å². The fourth-order valence-corrected chi connectivity index (χ4v) is 3.04. The Labute approximate surface area is 111 Å². The maximum Gasteiger partial charge on any atom is 0.336 e. The lowest BCUT2D eigenvalue weighted by Gasteiger charge is -2.06. The molecule has 1 aromatic rings. The molecule has 1 heterocycles. The van der Waals surface area contributed by atoms with Crippen molar-refractivity contribution in [2.45, 2.75) is 25.7 Å². The summed E-state index contributed by atoms with van der Waals surface area (Å²) < 4.78 is 0.771. The molecular formula is C14H17NO4. The van der Waals surface area contributed by atoms with E-state index in [1.54, 1.807) is 0 Å². The van der Waals surface area contributed by atoms with Crippen molar-refractivity contribution in [1.29, 1.82) is 0 Å². The number of carbonyl (C=O) groups is 1. The number of hydrogen-bond donors (Lipinski definition) is 2. The molecule has 2 atom stereocenters. The van der Waals surface area contributed by atoms with Gasteiger partial charge < -0.3 is 15.1 Å². The van der Waals surface area contributed by atoms with Crippen molar-refractivity contribution in [2.24, 2.45) is 17.8 Å². The summed E-state index contributed by atoms with van der Waals surface area (Å²) in [7, 11) is 0. The standard InChI is InChI=1S/C14H17NO4/c16-11-7-8-12(17)15(11)19-14(18)13-9-5-3-1-2-4-6-10(9)13/h1-2,7-10,13,16-17H,3-6H2. The second-order valence-corrected chi connectivity index (χ2v) is 5.23. The second-order valence-electron chi connectivity index (χ2n) is 5.23. The SMILES string of the molecule is O=C(On1c(O)ccc1O)C1C2CCC=CCCC21. The van der Waals surface area contributed by atoms with Gasteiger partial charge in [-0.05, 0) is 37.5 Å². The molecule has 5 heteroatoms. The van der Waals surface area contributed by atoms with Crippen LogP contribution in [-0.2, 0) is 4.79 Å². The number of allylic oxidation sites excluding steroid dienone is 2. The normalized spacial score (nSPS) is 29.2. The smallest absolute Gasteiger partial charge is 0.336 e. The third-order valence-corrected chi connectivity index (χ3v) is 4.08. The van der Waals surface area contributed by atoms with E-state index in [0.29, 0.717) is 11.8 Å². The zero-order valence-electron chi connectivity index (χ0n) is 10.5. The van der Waals surface area contributed by atoms with Crippen molar-refractivity contribution in [3.05, 3.63) is 24.3 Å². The summed E-state index contributed by atoms with van der Waals surface area (Å²) in [4.78, 5) is 17.2. The zero-order chi connectivity index (χ0) is 13.4. The maximum absolute atomic E-state index is 12.1. The van der Waals surface area contributed by atoms with Crippen molar-refractivity contribution in [1.82, 2.24) is 4.73 Å². The van der Waals surface area contributed by atoms with Gasteiger partial charge in [0.05, 0.1) is 5.92 Å². The van der Waals surface area contributed by atoms with Gasteiger partial charge in [0.25, 0.3) is 0 Å². The first-order valence-electron chi connectivity index (χ1n) is 6.65. The predicted molar refractivity (Wildman–Crippen MR) is 67.4 cm³/mol. The van der Waals surface area contributed by atoms with Crippen LogP contribution < -0.4 is 4.84 Å². The highest BCUT2D eigenvalue weighted by Crippen LogP contribution is 2.53. The molecule has 5 nitrogen and oxygen atoms in total. The van der Waals surface area contributed by atoms with Gasteiger partial charge in [0.15, 0.2) is 0 Å². The average Bonchev–Trinajstić information content (AvgIpc) is 2.94. The minimum Gasteiger partial charge on any atom is -0.492 e. The fraction of sp³-hybridized carbons (Fsp3) is 0.500. The zero-order valence-corrected chi connectivity index (χ0v) is 10.5. The quantitative estimate of drug-likeness (QED) is 0.799. The van der Waals surface area contributed by atoms with Gasteiger partial charge >= 0.3 is 5.97 Å². The third-order valence-electron chi connectivity index (χ3n) is 4.08. The van der Waals surface area contributed by atoms with Crippen molar-refractivity contribution in [2.75, 3.05) is 0 Å². The van der Waals surface area contributed by atoms with Crippen LogP contribution >= 0.6 is 0 Å². The van der Waals surface area contributed by atoms with Crippen molar-refractivity contribution < 1.29 is 19.8 Å². The molecule has 0 aromatic carbocycles. The van der Waals surface area contributed by atoms with Crippen LogP contribution in [0.25, 0.3) is 0 Å². The Morgan fingerprint density at radius 3 is 2.16 bits per heavy atom. The average molecular weight is 263 g/mol. The van der Waals surface area contributed by atoms with Crippen molar-refractivity contribution in [3.63, 3.8) is 0 Å². The van der Waals surface area contributed by atoms with Crippen LogP contribution in [0, 0.1) is 17.8 Å². The van der Waals surface area contributed by atoms with E-state index < -0.39 is 0 Å². The molecule has 0 saturated heterocycles. The number of aromatic hydroxyl groups is 2. The number of nitrogens with zero attached hydrogens (tertiary/aromatic N) is 1. The largest absolute Gasteiger partial charge is 0.492 e. The summed E-state index contributed by atoms with van der Waals surface area (Å²) in [6.45, 7) is 0. The molecular weight excluding hydrogens is 246 g/mol. The highest BCUT2D eigenvalue weighted by molar-refractivity contribution is 5.77. The molecule has 0 spiro atoms. The van der Waals surface area contributed by atoms with Gasteiger partial charge in [0, 0.05) is 12.1 Å². The Hall–Kier alpha value is -1.91. The van der Waals surface area contributed by atoms with Crippen LogP contribution in [0.5, 0.6) is 11.8 Å². The molecule has 2 aliphatic carbocycles. The van der Waals surface area contributed by atoms with Crippen LogP contribution in [0.2, 0.25) is 0 Å². The molecule has 1 saturated carbocycles. The van der Waals surface area contributed by atoms with E-state index in [1.165, 1.54) is 12.1 Å². The molecule has 2 aliphatic rings. The van der Waals surface area contributed by atoms with E-state index in [0.717, 1.165) is 30.4 Å². The third kappa shape index (κ3) is 2.20. The molecule has 102 valence electrons. The van der Waals surface area contributed by atoms with E-state index >= 15 is 0 Å². The summed E-state index contributed by atoms with van der Waals surface area (Å²) >= 11 is 0. The van der Waals surface area contributed by atoms with Crippen LogP contribution in [-0.4, -0.2) is 20.9 Å². The summed E-state index contributed by atoms with van der Waals surface area (Å²) in [6.07, 6.45) is 8.35. The minimum atomic E-state index is -0.362. The Morgan fingerprint density at radius 1 is 1.11 bits per heavy atom. The Balaban J connectivity index is 1.66. The molecule has 0 amide bonds. The number of hydrogen-bond acceptors (Lipinski definition) is 4. The maximum atomic E-state index is 12.1. The lowest BCUT2D eigenvalue weighted by Crippen LogP contribution is -2.21. The monoisotopic (exact) mass is 263 g/mol. The molecule has 1 fully saturated rings. The van der Waals surface area contributed by atoms with Gasteiger partial charge in [0.2, 0.25) is 11.8 Å². The van der Waals surface area contributed by atoms with Crippen molar-refractivity contribution >= 4 is 5.97 Å². The van der Waals surface area contributed by atoms with Crippen LogP contribution in [0.4, 0.5) is 0 Å². The summed E-state index contributed by atoms with van der Waals surface area (Å²) in [5.41, 5.74) is 0. The van der Waals surface area contributed by atoms with E-state index in [2.05, 4.69) is 12.2 Å².